The predicted octanol–water partition coefficient (Wildman–Crippen LogP) is 3.12. The van der Waals surface area contributed by atoms with Crippen molar-refractivity contribution in [3.63, 3.8) is 0 Å². The lowest BCUT2D eigenvalue weighted by atomic mass is 10.1. The Bertz CT molecular complexity index is 1410. The summed E-state index contributed by atoms with van der Waals surface area (Å²) in [5.74, 6) is 0.133. The molecule has 3 aromatic carbocycles. The number of hydrogen-bond acceptors (Lipinski definition) is 6. The van der Waals surface area contributed by atoms with E-state index in [2.05, 4.69) is 5.32 Å². The highest BCUT2D eigenvalue weighted by molar-refractivity contribution is 7.89. The topological polar surface area (TPSA) is 105 Å². The third-order valence-electron chi connectivity index (χ3n) is 6.19. The van der Waals surface area contributed by atoms with E-state index in [0.717, 1.165) is 9.87 Å². The predicted molar refractivity (Wildman–Crippen MR) is 144 cm³/mol. The van der Waals surface area contributed by atoms with Crippen LogP contribution in [-0.4, -0.2) is 57.4 Å². The number of rotatable bonds is 9. The van der Waals surface area contributed by atoms with Gasteiger partial charge in [-0.05, 0) is 55.3 Å². The van der Waals surface area contributed by atoms with E-state index in [1.807, 2.05) is 37.3 Å². The van der Waals surface area contributed by atoms with E-state index in [-0.39, 0.29) is 17.3 Å². The van der Waals surface area contributed by atoms with Gasteiger partial charge < -0.3 is 19.7 Å². The van der Waals surface area contributed by atoms with Crippen LogP contribution in [0.15, 0.2) is 77.7 Å². The zero-order valence-corrected chi connectivity index (χ0v) is 22.4. The van der Waals surface area contributed by atoms with E-state index in [1.54, 1.807) is 37.3 Å². The van der Waals surface area contributed by atoms with Gasteiger partial charge >= 0.3 is 0 Å². The molecule has 1 atom stereocenters. The van der Waals surface area contributed by atoms with Crippen molar-refractivity contribution in [2.75, 3.05) is 31.6 Å². The average molecular weight is 538 g/mol. The van der Waals surface area contributed by atoms with Crippen LogP contribution in [0.2, 0.25) is 0 Å². The van der Waals surface area contributed by atoms with Crippen molar-refractivity contribution >= 4 is 27.5 Å². The van der Waals surface area contributed by atoms with Crippen LogP contribution in [0.1, 0.15) is 18.1 Å². The molecule has 38 heavy (non-hydrogen) atoms. The molecule has 1 N–H and O–H groups in total. The Morgan fingerprint density at radius 2 is 1.79 bits per heavy atom. The molecule has 1 aliphatic rings. The zero-order chi connectivity index (χ0) is 27.3. The summed E-state index contributed by atoms with van der Waals surface area (Å²) in [5, 5.41) is 2.85. The minimum Gasteiger partial charge on any atom is -0.494 e. The quantitative estimate of drug-likeness (QED) is 0.450. The van der Waals surface area contributed by atoms with Crippen LogP contribution in [0.3, 0.4) is 0 Å². The summed E-state index contributed by atoms with van der Waals surface area (Å²) in [5.41, 5.74) is 2.09. The summed E-state index contributed by atoms with van der Waals surface area (Å²) in [6.45, 7) is 3.94. The van der Waals surface area contributed by atoms with Gasteiger partial charge in [-0.1, -0.05) is 42.5 Å². The normalized spacial score (nSPS) is 14.9. The molecule has 0 aliphatic carbocycles. The van der Waals surface area contributed by atoms with Gasteiger partial charge in [-0.2, -0.15) is 4.31 Å². The number of likely N-dealkylation sites (N-methyl/N-ethyl adjacent to an activating group) is 1. The first-order chi connectivity index (χ1) is 18.2. The number of ether oxygens (including phenoxy) is 2. The molecule has 1 heterocycles. The second kappa shape index (κ2) is 11.7. The maximum atomic E-state index is 13.4. The van der Waals surface area contributed by atoms with Crippen LogP contribution in [0.4, 0.5) is 5.69 Å². The summed E-state index contributed by atoms with van der Waals surface area (Å²) in [7, 11) is -2.60. The number of nitrogens with zero attached hydrogens (tertiary/aromatic N) is 2. The van der Waals surface area contributed by atoms with Crippen molar-refractivity contribution in [3.05, 3.63) is 83.9 Å². The van der Waals surface area contributed by atoms with Gasteiger partial charge in [-0.25, -0.2) is 8.42 Å². The van der Waals surface area contributed by atoms with Gasteiger partial charge in [0.15, 0.2) is 6.10 Å². The molecule has 0 saturated carbocycles. The minimum atomic E-state index is -3.95. The fourth-order valence-corrected chi connectivity index (χ4v) is 5.35. The molecule has 200 valence electrons. The lowest BCUT2D eigenvalue weighted by Gasteiger charge is -2.35. The van der Waals surface area contributed by atoms with Crippen LogP contribution in [0.25, 0.3) is 0 Å². The van der Waals surface area contributed by atoms with Crippen molar-refractivity contribution in [2.24, 2.45) is 0 Å². The molecule has 2 amide bonds. The van der Waals surface area contributed by atoms with Crippen LogP contribution in [0.5, 0.6) is 11.5 Å². The molecule has 0 fully saturated rings. The first kappa shape index (κ1) is 27.2. The van der Waals surface area contributed by atoms with E-state index in [1.165, 1.54) is 24.1 Å². The Morgan fingerprint density at radius 3 is 2.50 bits per heavy atom. The van der Waals surface area contributed by atoms with Crippen molar-refractivity contribution in [1.29, 1.82) is 0 Å². The summed E-state index contributed by atoms with van der Waals surface area (Å²) in [6, 6.07) is 20.9. The van der Waals surface area contributed by atoms with E-state index in [9.17, 15) is 18.0 Å². The van der Waals surface area contributed by atoms with Gasteiger partial charge in [0, 0.05) is 13.6 Å². The number of fused-ring (bicyclic) bond motifs is 1. The van der Waals surface area contributed by atoms with E-state index < -0.39 is 28.6 Å². The number of carbonyl (C=O) groups is 2. The van der Waals surface area contributed by atoms with Crippen molar-refractivity contribution in [1.82, 2.24) is 9.62 Å². The number of sulfonamides is 1. The molecule has 1 aliphatic heterocycles. The standard InChI is InChI=1S/C28H31N3O6S/c1-4-36-24-15-14-22(16-20(24)2)38(34,35)30(3)19-27(32)31-18-26(37-25-13-9-8-12-23(25)31)28(33)29-17-21-10-6-5-7-11-21/h5-16,26H,4,17-19H2,1-3H3,(H,29,33). The molecular weight excluding hydrogens is 506 g/mol. The number of benzene rings is 3. The molecule has 0 saturated heterocycles. The Hall–Kier alpha value is -3.89. The monoisotopic (exact) mass is 537 g/mol. The minimum absolute atomic E-state index is 0.0491. The molecule has 0 radical (unpaired) electrons. The lowest BCUT2D eigenvalue weighted by Crippen LogP contribution is -2.52. The highest BCUT2D eigenvalue weighted by atomic mass is 32.2. The van der Waals surface area contributed by atoms with Crippen LogP contribution >= 0.6 is 0 Å². The molecule has 0 spiro atoms. The Balaban J connectivity index is 1.49. The summed E-state index contributed by atoms with van der Waals surface area (Å²) in [6.07, 6.45) is -0.951. The third kappa shape index (κ3) is 5.98. The van der Waals surface area contributed by atoms with Crippen molar-refractivity contribution in [2.45, 2.75) is 31.4 Å². The van der Waals surface area contributed by atoms with Gasteiger partial charge in [0.2, 0.25) is 15.9 Å². The number of carbonyl (C=O) groups excluding carboxylic acids is 2. The van der Waals surface area contributed by atoms with Gasteiger partial charge in [0.05, 0.1) is 30.3 Å². The molecule has 10 heteroatoms. The Kier molecular flexibility index (Phi) is 8.33. The zero-order valence-electron chi connectivity index (χ0n) is 21.6. The smallest absolute Gasteiger partial charge is 0.263 e. The molecule has 0 aromatic heterocycles. The Morgan fingerprint density at radius 1 is 1.08 bits per heavy atom. The van der Waals surface area contributed by atoms with Gasteiger partial charge in [-0.3, -0.25) is 9.59 Å². The van der Waals surface area contributed by atoms with Gasteiger partial charge in [-0.15, -0.1) is 0 Å². The molecular formula is C28H31N3O6S. The maximum absolute atomic E-state index is 13.4. The largest absolute Gasteiger partial charge is 0.494 e. The molecule has 9 nitrogen and oxygen atoms in total. The number of nitrogens with one attached hydrogen (secondary N) is 1. The van der Waals surface area contributed by atoms with Gasteiger partial charge in [0.1, 0.15) is 11.5 Å². The summed E-state index contributed by atoms with van der Waals surface area (Å²) < 4.78 is 38.9. The third-order valence-corrected chi connectivity index (χ3v) is 7.99. The van der Waals surface area contributed by atoms with E-state index >= 15 is 0 Å². The maximum Gasteiger partial charge on any atom is 0.263 e. The molecule has 0 bridgehead atoms. The number of amides is 2. The fraction of sp³-hybridized carbons (Fsp3) is 0.286. The molecule has 1 unspecified atom stereocenters. The molecule has 4 rings (SSSR count). The first-order valence-electron chi connectivity index (χ1n) is 12.3. The second-order valence-electron chi connectivity index (χ2n) is 8.90. The fourth-order valence-electron chi connectivity index (χ4n) is 4.15. The highest BCUT2D eigenvalue weighted by Gasteiger charge is 2.35. The number of anilines is 1. The second-order valence-corrected chi connectivity index (χ2v) is 10.9. The van der Waals surface area contributed by atoms with Crippen LogP contribution < -0.4 is 19.7 Å². The number of aryl methyl sites for hydroxylation is 1. The highest BCUT2D eigenvalue weighted by Crippen LogP contribution is 2.33. The van der Waals surface area contributed by atoms with Crippen LogP contribution in [-0.2, 0) is 26.2 Å². The summed E-state index contributed by atoms with van der Waals surface area (Å²) >= 11 is 0. The first-order valence-corrected chi connectivity index (χ1v) is 13.7. The number of para-hydroxylation sites is 2. The summed E-state index contributed by atoms with van der Waals surface area (Å²) in [4.78, 5) is 27.8. The molecule has 3 aromatic rings. The van der Waals surface area contributed by atoms with E-state index in [4.69, 9.17) is 9.47 Å². The SMILES string of the molecule is CCOc1ccc(S(=O)(=O)N(C)CC(=O)N2CC(C(=O)NCc3ccccc3)Oc3ccccc32)cc1C. The van der Waals surface area contributed by atoms with Crippen LogP contribution in [0, 0.1) is 6.92 Å². The van der Waals surface area contributed by atoms with E-state index in [0.29, 0.717) is 35.9 Å². The average Bonchev–Trinajstić information content (AvgIpc) is 2.92. The van der Waals surface area contributed by atoms with Crippen molar-refractivity contribution in [3.8, 4) is 11.5 Å². The Labute approximate surface area is 223 Å². The van der Waals surface area contributed by atoms with Crippen molar-refractivity contribution < 1.29 is 27.5 Å². The number of hydrogen-bond donors (Lipinski definition) is 1. The lowest BCUT2D eigenvalue weighted by molar-refractivity contribution is -0.128. The van der Waals surface area contributed by atoms with Gasteiger partial charge in [0.25, 0.3) is 5.91 Å².